The molecule has 2 aromatic rings. The monoisotopic (exact) mass is 269 g/mol. The van der Waals surface area contributed by atoms with Gasteiger partial charge in [-0.1, -0.05) is 13.0 Å². The lowest BCUT2D eigenvalue weighted by Gasteiger charge is -2.36. The van der Waals surface area contributed by atoms with Crippen molar-refractivity contribution in [1.29, 1.82) is 5.26 Å². The minimum atomic E-state index is -0.806. The number of nitrogens with zero attached hydrogens (tertiary/aromatic N) is 3. The summed E-state index contributed by atoms with van der Waals surface area (Å²) in [5.41, 5.74) is 0.732. The van der Waals surface area contributed by atoms with Crippen molar-refractivity contribution in [3.8, 4) is 6.07 Å². The van der Waals surface area contributed by atoms with Crippen LogP contribution in [0.1, 0.15) is 44.4 Å². The highest BCUT2D eigenvalue weighted by Gasteiger charge is 2.42. The molecule has 0 amide bonds. The zero-order valence-corrected chi connectivity index (χ0v) is 11.7. The second-order valence-electron chi connectivity index (χ2n) is 5.98. The fourth-order valence-electron chi connectivity index (χ4n) is 3.09. The van der Waals surface area contributed by atoms with Crippen LogP contribution in [0.4, 0.5) is 0 Å². The summed E-state index contributed by atoms with van der Waals surface area (Å²) in [5, 5.41) is 20.3. The summed E-state index contributed by atoms with van der Waals surface area (Å²) in [6, 6.07) is 8.12. The minimum absolute atomic E-state index is 0.604. The van der Waals surface area contributed by atoms with Crippen molar-refractivity contribution < 1.29 is 5.11 Å². The van der Waals surface area contributed by atoms with E-state index in [9.17, 15) is 10.4 Å². The first kappa shape index (κ1) is 13.1. The van der Waals surface area contributed by atoms with Crippen LogP contribution in [0.25, 0.3) is 5.65 Å². The molecule has 0 bridgehead atoms. The SMILES string of the molecule is CC1CCC(C#N)(C(O)c2cn3ccccc3n2)CC1. The van der Waals surface area contributed by atoms with Crippen LogP contribution >= 0.6 is 0 Å². The summed E-state index contributed by atoms with van der Waals surface area (Å²) in [6.45, 7) is 2.21. The first-order valence-corrected chi connectivity index (χ1v) is 7.17. The number of imidazole rings is 1. The average molecular weight is 269 g/mol. The number of nitriles is 1. The van der Waals surface area contributed by atoms with Crippen LogP contribution < -0.4 is 0 Å². The fourth-order valence-corrected chi connectivity index (χ4v) is 3.09. The Morgan fingerprint density at radius 2 is 2.20 bits per heavy atom. The number of aliphatic hydroxyl groups is 1. The number of pyridine rings is 1. The van der Waals surface area contributed by atoms with E-state index in [1.807, 2.05) is 35.0 Å². The second kappa shape index (κ2) is 4.92. The van der Waals surface area contributed by atoms with E-state index in [0.29, 0.717) is 11.6 Å². The number of hydrogen-bond acceptors (Lipinski definition) is 3. The number of hydrogen-bond donors (Lipinski definition) is 1. The molecule has 0 spiro atoms. The van der Waals surface area contributed by atoms with Gasteiger partial charge in [-0.2, -0.15) is 5.26 Å². The third-order valence-electron chi connectivity index (χ3n) is 4.58. The fraction of sp³-hybridized carbons (Fsp3) is 0.500. The predicted molar refractivity (Wildman–Crippen MR) is 75.8 cm³/mol. The van der Waals surface area contributed by atoms with Gasteiger partial charge < -0.3 is 9.51 Å². The van der Waals surface area contributed by atoms with Crippen LogP contribution in [-0.2, 0) is 0 Å². The van der Waals surface area contributed by atoms with Gasteiger partial charge in [-0.15, -0.1) is 0 Å². The van der Waals surface area contributed by atoms with Gasteiger partial charge in [0.15, 0.2) is 0 Å². The summed E-state index contributed by atoms with van der Waals surface area (Å²) in [4.78, 5) is 4.46. The molecule has 1 aliphatic rings. The van der Waals surface area contributed by atoms with Crippen molar-refractivity contribution in [1.82, 2.24) is 9.38 Å². The zero-order valence-electron chi connectivity index (χ0n) is 11.7. The predicted octanol–water partition coefficient (Wildman–Crippen LogP) is 3.09. The van der Waals surface area contributed by atoms with E-state index in [-0.39, 0.29) is 0 Å². The summed E-state index contributed by atoms with van der Waals surface area (Å²) < 4.78 is 1.88. The molecule has 1 N–H and O–H groups in total. The smallest absolute Gasteiger partial charge is 0.137 e. The van der Waals surface area contributed by atoms with Crippen molar-refractivity contribution in [3.63, 3.8) is 0 Å². The van der Waals surface area contributed by atoms with Crippen molar-refractivity contribution in [2.75, 3.05) is 0 Å². The molecule has 1 fully saturated rings. The average Bonchev–Trinajstić information content (AvgIpc) is 2.91. The number of aliphatic hydroxyl groups excluding tert-OH is 1. The summed E-state index contributed by atoms with van der Waals surface area (Å²) in [5.74, 6) is 0.643. The maximum absolute atomic E-state index is 10.7. The molecule has 0 aliphatic heterocycles. The number of aromatic nitrogens is 2. The number of fused-ring (bicyclic) bond motifs is 1. The molecule has 4 nitrogen and oxygen atoms in total. The van der Waals surface area contributed by atoms with E-state index >= 15 is 0 Å². The van der Waals surface area contributed by atoms with Gasteiger partial charge in [-0.05, 0) is 43.7 Å². The lowest BCUT2D eigenvalue weighted by atomic mass is 9.68. The van der Waals surface area contributed by atoms with Gasteiger partial charge in [-0.25, -0.2) is 4.98 Å². The normalized spacial score (nSPS) is 28.1. The van der Waals surface area contributed by atoms with E-state index < -0.39 is 11.5 Å². The highest BCUT2D eigenvalue weighted by Crippen LogP contribution is 2.46. The van der Waals surface area contributed by atoms with Gasteiger partial charge in [0.25, 0.3) is 0 Å². The zero-order chi connectivity index (χ0) is 14.2. The Morgan fingerprint density at radius 1 is 1.45 bits per heavy atom. The molecular formula is C16H19N3O. The van der Waals surface area contributed by atoms with Gasteiger partial charge in [0.05, 0.1) is 17.2 Å². The summed E-state index contributed by atoms with van der Waals surface area (Å²) in [7, 11) is 0. The Bertz CT molecular complexity index is 614. The second-order valence-corrected chi connectivity index (χ2v) is 5.98. The molecule has 2 aromatic heterocycles. The van der Waals surface area contributed by atoms with Crippen molar-refractivity contribution in [2.45, 2.75) is 38.7 Å². The summed E-state index contributed by atoms with van der Waals surface area (Å²) in [6.07, 6.45) is 6.42. The van der Waals surface area contributed by atoms with Gasteiger partial charge in [0.2, 0.25) is 0 Å². The largest absolute Gasteiger partial charge is 0.385 e. The molecule has 1 aliphatic carbocycles. The Hall–Kier alpha value is -1.86. The van der Waals surface area contributed by atoms with Crippen LogP contribution in [-0.4, -0.2) is 14.5 Å². The van der Waals surface area contributed by atoms with E-state index in [2.05, 4.69) is 18.0 Å². The molecule has 0 radical (unpaired) electrons. The molecule has 1 unspecified atom stereocenters. The molecule has 4 heteroatoms. The van der Waals surface area contributed by atoms with E-state index in [1.165, 1.54) is 0 Å². The third kappa shape index (κ3) is 2.08. The Morgan fingerprint density at radius 3 is 2.85 bits per heavy atom. The third-order valence-corrected chi connectivity index (χ3v) is 4.58. The number of rotatable bonds is 2. The van der Waals surface area contributed by atoms with Gasteiger partial charge in [0, 0.05) is 12.4 Å². The van der Waals surface area contributed by atoms with Gasteiger partial charge >= 0.3 is 0 Å². The Balaban J connectivity index is 1.94. The van der Waals surface area contributed by atoms with E-state index in [0.717, 1.165) is 31.3 Å². The molecule has 20 heavy (non-hydrogen) atoms. The summed E-state index contributed by atoms with van der Waals surface area (Å²) >= 11 is 0. The van der Waals surface area contributed by atoms with Crippen LogP contribution in [0.2, 0.25) is 0 Å². The molecule has 1 saturated carbocycles. The molecule has 0 aromatic carbocycles. The molecule has 3 rings (SSSR count). The standard InChI is InChI=1S/C16H19N3O/c1-12-5-7-16(11-17,8-6-12)15(20)13-10-19-9-3-2-4-14(19)18-13/h2-4,9-10,12,15,20H,5-8H2,1H3. The lowest BCUT2D eigenvalue weighted by molar-refractivity contribution is 0.0240. The quantitative estimate of drug-likeness (QED) is 0.911. The topological polar surface area (TPSA) is 61.3 Å². The van der Waals surface area contributed by atoms with Crippen LogP contribution in [0, 0.1) is 22.7 Å². The van der Waals surface area contributed by atoms with Gasteiger partial charge in [-0.3, -0.25) is 0 Å². The van der Waals surface area contributed by atoms with Crippen molar-refractivity contribution >= 4 is 5.65 Å². The van der Waals surface area contributed by atoms with Crippen LogP contribution in [0.15, 0.2) is 30.6 Å². The van der Waals surface area contributed by atoms with Crippen LogP contribution in [0.3, 0.4) is 0 Å². The first-order valence-electron chi connectivity index (χ1n) is 7.17. The lowest BCUT2D eigenvalue weighted by Crippen LogP contribution is -2.32. The maximum atomic E-state index is 10.7. The molecule has 1 atom stereocenters. The minimum Gasteiger partial charge on any atom is -0.385 e. The molecular weight excluding hydrogens is 250 g/mol. The van der Waals surface area contributed by atoms with E-state index in [1.54, 1.807) is 0 Å². The highest BCUT2D eigenvalue weighted by molar-refractivity contribution is 5.40. The maximum Gasteiger partial charge on any atom is 0.137 e. The highest BCUT2D eigenvalue weighted by atomic mass is 16.3. The van der Waals surface area contributed by atoms with Gasteiger partial charge in [0.1, 0.15) is 11.8 Å². The first-order chi connectivity index (χ1) is 9.64. The molecule has 0 saturated heterocycles. The molecule has 2 heterocycles. The molecule has 104 valence electrons. The Kier molecular flexibility index (Phi) is 3.23. The van der Waals surface area contributed by atoms with E-state index in [4.69, 9.17) is 0 Å². The van der Waals surface area contributed by atoms with Crippen LogP contribution in [0.5, 0.6) is 0 Å². The van der Waals surface area contributed by atoms with Crippen molar-refractivity contribution in [3.05, 3.63) is 36.3 Å². The Labute approximate surface area is 118 Å². The van der Waals surface area contributed by atoms with Crippen molar-refractivity contribution in [2.24, 2.45) is 11.3 Å².